The average Bonchev–Trinajstić information content (AvgIpc) is 3.07. The van der Waals surface area contributed by atoms with Gasteiger partial charge in [0.05, 0.1) is 18.8 Å². The van der Waals surface area contributed by atoms with Gasteiger partial charge < -0.3 is 15.4 Å². The lowest BCUT2D eigenvalue weighted by Crippen LogP contribution is -2.36. The van der Waals surface area contributed by atoms with Crippen LogP contribution in [0.15, 0.2) is 53.7 Å². The first-order valence-corrected chi connectivity index (χ1v) is 10.5. The van der Waals surface area contributed by atoms with Crippen LogP contribution in [0.5, 0.6) is 5.88 Å². The largest absolute Gasteiger partial charge is 0.473 e. The van der Waals surface area contributed by atoms with Crippen LogP contribution in [0, 0.1) is 13.8 Å². The molecule has 1 aromatic carbocycles. The monoisotopic (exact) mass is 537 g/mol. The molecule has 30 heavy (non-hydrogen) atoms. The number of ether oxygens (including phenoxy) is 1. The van der Waals surface area contributed by atoms with Gasteiger partial charge >= 0.3 is 0 Å². The number of thiazole rings is 1. The molecule has 0 saturated carbocycles. The van der Waals surface area contributed by atoms with E-state index in [4.69, 9.17) is 4.74 Å². The molecule has 0 radical (unpaired) electrons. The summed E-state index contributed by atoms with van der Waals surface area (Å²) >= 11 is 1.71. The van der Waals surface area contributed by atoms with E-state index >= 15 is 0 Å². The van der Waals surface area contributed by atoms with Crippen molar-refractivity contribution in [2.75, 3.05) is 6.54 Å². The molecular weight excluding hydrogens is 509 g/mol. The molecule has 2 N–H and O–H groups in total. The van der Waals surface area contributed by atoms with E-state index in [0.717, 1.165) is 34.3 Å². The highest BCUT2D eigenvalue weighted by molar-refractivity contribution is 14.0. The van der Waals surface area contributed by atoms with Gasteiger partial charge in [-0.3, -0.25) is 0 Å². The molecule has 3 rings (SSSR count). The molecule has 2 heterocycles. The first-order chi connectivity index (χ1) is 14.1. The Labute approximate surface area is 199 Å². The minimum Gasteiger partial charge on any atom is -0.473 e. The number of benzene rings is 1. The SMILES string of the molecule is CCNC(=NCc1ccnc(OCc2ccccc2)c1)NCc1nc(C)c(C)s1.I. The molecule has 6 nitrogen and oxygen atoms in total. The van der Waals surface area contributed by atoms with Crippen molar-refractivity contribution in [3.63, 3.8) is 0 Å². The first kappa shape index (κ1) is 24.1. The van der Waals surface area contributed by atoms with Crippen molar-refractivity contribution in [2.24, 2.45) is 4.99 Å². The number of hydrogen-bond donors (Lipinski definition) is 2. The minimum absolute atomic E-state index is 0. The maximum atomic E-state index is 5.81. The summed E-state index contributed by atoms with van der Waals surface area (Å²) in [6.07, 6.45) is 1.76. The van der Waals surface area contributed by atoms with Gasteiger partial charge in [-0.1, -0.05) is 30.3 Å². The summed E-state index contributed by atoms with van der Waals surface area (Å²) in [4.78, 5) is 14.8. The number of aliphatic imine (C=N–C) groups is 1. The number of hydrogen-bond acceptors (Lipinski definition) is 5. The van der Waals surface area contributed by atoms with Crippen LogP contribution in [-0.4, -0.2) is 22.5 Å². The Balaban J connectivity index is 0.00000320. The third-order valence-corrected chi connectivity index (χ3v) is 5.35. The number of nitrogens with one attached hydrogen (secondary N) is 2. The van der Waals surface area contributed by atoms with Crippen molar-refractivity contribution < 1.29 is 4.74 Å². The number of nitrogens with zero attached hydrogens (tertiary/aromatic N) is 3. The number of rotatable bonds is 8. The topological polar surface area (TPSA) is 71.4 Å². The molecule has 2 aromatic heterocycles. The number of aromatic nitrogens is 2. The van der Waals surface area contributed by atoms with Gasteiger partial charge in [0.1, 0.15) is 11.6 Å². The fourth-order valence-corrected chi connectivity index (χ4v) is 3.52. The molecule has 160 valence electrons. The summed E-state index contributed by atoms with van der Waals surface area (Å²) in [6.45, 7) is 8.67. The first-order valence-electron chi connectivity index (χ1n) is 9.70. The number of pyridine rings is 1. The zero-order valence-corrected chi connectivity index (χ0v) is 20.7. The number of halogens is 1. The smallest absolute Gasteiger partial charge is 0.213 e. The highest BCUT2D eigenvalue weighted by Gasteiger charge is 2.05. The highest BCUT2D eigenvalue weighted by Crippen LogP contribution is 2.16. The molecule has 0 atom stereocenters. The average molecular weight is 537 g/mol. The van der Waals surface area contributed by atoms with Crippen molar-refractivity contribution in [3.05, 3.63) is 75.4 Å². The highest BCUT2D eigenvalue weighted by atomic mass is 127. The van der Waals surface area contributed by atoms with Gasteiger partial charge in [-0.25, -0.2) is 15.0 Å². The quantitative estimate of drug-likeness (QED) is 0.250. The normalized spacial score (nSPS) is 11.0. The molecule has 0 aliphatic carbocycles. The third kappa shape index (κ3) is 7.56. The van der Waals surface area contributed by atoms with Crippen LogP contribution in [0.25, 0.3) is 0 Å². The molecule has 0 aliphatic rings. The second kappa shape index (κ2) is 12.5. The van der Waals surface area contributed by atoms with E-state index < -0.39 is 0 Å². The van der Waals surface area contributed by atoms with Gasteiger partial charge in [-0.15, -0.1) is 35.3 Å². The van der Waals surface area contributed by atoms with Crippen LogP contribution in [0.3, 0.4) is 0 Å². The fraction of sp³-hybridized carbons (Fsp3) is 0.318. The Bertz CT molecular complexity index is 926. The Hall–Kier alpha value is -2.20. The lowest BCUT2D eigenvalue weighted by molar-refractivity contribution is 0.293. The Kier molecular flexibility index (Phi) is 10.0. The second-order valence-electron chi connectivity index (χ2n) is 6.57. The van der Waals surface area contributed by atoms with Crippen molar-refractivity contribution in [1.29, 1.82) is 0 Å². The van der Waals surface area contributed by atoms with Crippen molar-refractivity contribution in [3.8, 4) is 5.88 Å². The van der Waals surface area contributed by atoms with Crippen LogP contribution < -0.4 is 15.4 Å². The summed E-state index contributed by atoms with van der Waals surface area (Å²) in [5.74, 6) is 1.37. The molecule has 0 fully saturated rings. The van der Waals surface area contributed by atoms with Crippen molar-refractivity contribution in [1.82, 2.24) is 20.6 Å². The molecule has 0 aliphatic heterocycles. The van der Waals surface area contributed by atoms with E-state index in [0.29, 0.717) is 25.6 Å². The summed E-state index contributed by atoms with van der Waals surface area (Å²) in [7, 11) is 0. The Morgan fingerprint density at radius 1 is 1.10 bits per heavy atom. The van der Waals surface area contributed by atoms with Crippen LogP contribution in [0.2, 0.25) is 0 Å². The maximum absolute atomic E-state index is 5.81. The summed E-state index contributed by atoms with van der Waals surface area (Å²) < 4.78 is 5.81. The van der Waals surface area contributed by atoms with E-state index in [1.165, 1.54) is 4.88 Å². The Morgan fingerprint density at radius 2 is 1.90 bits per heavy atom. The van der Waals surface area contributed by atoms with Gasteiger partial charge in [0.2, 0.25) is 5.88 Å². The summed E-state index contributed by atoms with van der Waals surface area (Å²) in [5, 5.41) is 7.68. The maximum Gasteiger partial charge on any atom is 0.213 e. The molecule has 8 heteroatoms. The number of guanidine groups is 1. The molecule has 0 bridgehead atoms. The molecule has 0 amide bonds. The molecule has 0 spiro atoms. The van der Waals surface area contributed by atoms with Crippen LogP contribution >= 0.6 is 35.3 Å². The van der Waals surface area contributed by atoms with Crippen LogP contribution in [0.4, 0.5) is 0 Å². The molecular formula is C22H28IN5OS. The predicted octanol–water partition coefficient (Wildman–Crippen LogP) is 4.61. The lowest BCUT2D eigenvalue weighted by Gasteiger charge is -2.10. The predicted molar refractivity (Wildman–Crippen MR) is 134 cm³/mol. The molecule has 3 aromatic rings. The second-order valence-corrected chi connectivity index (χ2v) is 7.86. The van der Waals surface area contributed by atoms with E-state index in [2.05, 4.69) is 39.4 Å². The van der Waals surface area contributed by atoms with Gasteiger partial charge in [0, 0.05) is 23.7 Å². The van der Waals surface area contributed by atoms with E-state index in [-0.39, 0.29) is 24.0 Å². The minimum atomic E-state index is 0. The van der Waals surface area contributed by atoms with Gasteiger partial charge in [-0.2, -0.15) is 0 Å². The van der Waals surface area contributed by atoms with Crippen LogP contribution in [0.1, 0.15) is 33.6 Å². The van der Waals surface area contributed by atoms with Gasteiger partial charge in [0.25, 0.3) is 0 Å². The van der Waals surface area contributed by atoms with Crippen molar-refractivity contribution in [2.45, 2.75) is 40.5 Å². The zero-order chi connectivity index (χ0) is 20.5. The van der Waals surface area contributed by atoms with E-state index in [1.807, 2.05) is 49.4 Å². The zero-order valence-electron chi connectivity index (χ0n) is 17.5. The molecule has 0 saturated heterocycles. The third-order valence-electron chi connectivity index (χ3n) is 4.27. The van der Waals surface area contributed by atoms with E-state index in [1.54, 1.807) is 17.5 Å². The lowest BCUT2D eigenvalue weighted by atomic mass is 10.2. The number of aryl methyl sites for hydroxylation is 2. The van der Waals surface area contributed by atoms with E-state index in [9.17, 15) is 0 Å². The summed E-state index contributed by atoms with van der Waals surface area (Å²) in [5.41, 5.74) is 3.25. The summed E-state index contributed by atoms with van der Waals surface area (Å²) in [6, 6.07) is 14.0. The molecule has 0 unspecified atom stereocenters. The van der Waals surface area contributed by atoms with Gasteiger partial charge in [0.15, 0.2) is 5.96 Å². The Morgan fingerprint density at radius 3 is 2.60 bits per heavy atom. The van der Waals surface area contributed by atoms with Crippen LogP contribution in [-0.2, 0) is 19.7 Å². The van der Waals surface area contributed by atoms with Gasteiger partial charge in [-0.05, 0) is 38.0 Å². The fourth-order valence-electron chi connectivity index (χ4n) is 2.65. The standard InChI is InChI=1S/C22H27N5OS.HI/c1-4-23-22(26-14-21-27-16(2)17(3)29-21)25-13-19-10-11-24-20(12-19)28-15-18-8-6-5-7-9-18;/h5-12H,4,13-15H2,1-3H3,(H2,23,25,26);1H. The van der Waals surface area contributed by atoms with Crippen molar-refractivity contribution >= 4 is 41.3 Å².